The molecule has 0 radical (unpaired) electrons. The summed E-state index contributed by atoms with van der Waals surface area (Å²) >= 11 is 8.06. The Kier molecular flexibility index (Phi) is 5.75. The van der Waals surface area contributed by atoms with Crippen molar-refractivity contribution < 1.29 is 19.1 Å². The van der Waals surface area contributed by atoms with E-state index in [4.69, 9.17) is 16.3 Å². The third-order valence-electron chi connectivity index (χ3n) is 5.20. The zero-order valence-electron chi connectivity index (χ0n) is 16.3. The highest BCUT2D eigenvalue weighted by Gasteiger charge is 2.57. The van der Waals surface area contributed by atoms with Crippen LogP contribution in [0.25, 0.3) is 0 Å². The van der Waals surface area contributed by atoms with E-state index >= 15 is 0 Å². The molecule has 3 atom stereocenters. The number of ether oxygens (including phenoxy) is 1. The highest BCUT2D eigenvalue weighted by molar-refractivity contribution is 8.00. The van der Waals surface area contributed by atoms with E-state index in [-0.39, 0.29) is 29.5 Å². The first-order valence-corrected chi connectivity index (χ1v) is 11.0. The number of rotatable bonds is 5. The fourth-order valence-electron chi connectivity index (χ4n) is 3.68. The van der Waals surface area contributed by atoms with E-state index in [1.165, 1.54) is 23.6 Å². The Morgan fingerprint density at radius 1 is 1.13 bits per heavy atom. The summed E-state index contributed by atoms with van der Waals surface area (Å²) in [4.78, 5) is 37.0. The lowest BCUT2D eigenvalue weighted by Crippen LogP contribution is -2.74. The van der Waals surface area contributed by atoms with Crippen LogP contribution in [0.2, 0.25) is 0 Å². The number of carbonyl (C=O) groups is 3. The van der Waals surface area contributed by atoms with Gasteiger partial charge in [0, 0.05) is 12.7 Å². The average molecular weight is 445 g/mol. The molecule has 4 rings (SSSR count). The van der Waals surface area contributed by atoms with Crippen molar-refractivity contribution in [1.29, 1.82) is 0 Å². The van der Waals surface area contributed by atoms with Gasteiger partial charge >= 0.3 is 5.97 Å². The van der Waals surface area contributed by atoms with Gasteiger partial charge in [-0.15, -0.1) is 23.4 Å². The summed E-state index contributed by atoms with van der Waals surface area (Å²) in [6.45, 7) is 1.43. The molecule has 2 saturated heterocycles. The lowest BCUT2D eigenvalue weighted by molar-refractivity contribution is -0.156. The monoisotopic (exact) mass is 444 g/mol. The second-order valence-corrected chi connectivity index (χ2v) is 9.25. The van der Waals surface area contributed by atoms with Gasteiger partial charge in [-0.25, -0.2) is 0 Å². The number of esters is 1. The number of thioether (sulfide) groups is 1. The van der Waals surface area contributed by atoms with Crippen molar-refractivity contribution >= 4 is 41.1 Å². The number of carbonyl (C=O) groups excluding carboxylic acids is 3. The van der Waals surface area contributed by atoms with Crippen LogP contribution >= 0.6 is 23.4 Å². The largest absolute Gasteiger partial charge is 0.451 e. The second-order valence-electron chi connectivity index (χ2n) is 7.42. The van der Waals surface area contributed by atoms with Gasteiger partial charge in [0.25, 0.3) is 0 Å². The van der Waals surface area contributed by atoms with Crippen LogP contribution in [0.4, 0.5) is 0 Å². The van der Waals surface area contributed by atoms with Crippen molar-refractivity contribution in [2.24, 2.45) is 0 Å². The molecule has 0 spiro atoms. The van der Waals surface area contributed by atoms with E-state index < -0.39 is 23.0 Å². The van der Waals surface area contributed by atoms with E-state index in [0.717, 1.165) is 11.1 Å². The number of nitrogens with zero attached hydrogens (tertiary/aromatic N) is 1. The van der Waals surface area contributed by atoms with E-state index in [1.807, 2.05) is 60.7 Å². The van der Waals surface area contributed by atoms with Gasteiger partial charge in [0.15, 0.2) is 11.0 Å². The van der Waals surface area contributed by atoms with Gasteiger partial charge in [0.1, 0.15) is 11.4 Å². The molecule has 2 aliphatic rings. The lowest BCUT2D eigenvalue weighted by atomic mass is 10.00. The normalized spacial score (nSPS) is 25.3. The lowest BCUT2D eigenvalue weighted by Gasteiger charge is -2.52. The summed E-state index contributed by atoms with van der Waals surface area (Å²) in [7, 11) is 0. The fraction of sp³-hybridized carbons (Fsp3) is 0.318. The molecule has 2 unspecified atom stereocenters. The molecule has 30 heavy (non-hydrogen) atoms. The van der Waals surface area contributed by atoms with Crippen molar-refractivity contribution in [1.82, 2.24) is 10.2 Å². The smallest absolute Gasteiger partial charge is 0.330 e. The number of fused-ring (bicyclic) bond motifs is 1. The highest BCUT2D eigenvalue weighted by atomic mass is 35.5. The van der Waals surface area contributed by atoms with Crippen LogP contribution in [0.15, 0.2) is 60.7 Å². The SMILES string of the molecule is CC(=O)NC1C(=O)N2CC(Cl)(C(=O)OC(c3ccccc3)c3ccccc3)CS[C@H]12. The van der Waals surface area contributed by atoms with Crippen molar-refractivity contribution in [3.63, 3.8) is 0 Å². The average Bonchev–Trinajstić information content (AvgIpc) is 2.76. The summed E-state index contributed by atoms with van der Waals surface area (Å²) < 4.78 is 5.91. The third kappa shape index (κ3) is 3.91. The number of amides is 2. The molecule has 156 valence electrons. The molecular weight excluding hydrogens is 424 g/mol. The molecule has 0 saturated carbocycles. The Balaban J connectivity index is 1.51. The van der Waals surface area contributed by atoms with Crippen molar-refractivity contribution in [2.45, 2.75) is 29.3 Å². The van der Waals surface area contributed by atoms with Gasteiger partial charge in [-0.05, 0) is 11.1 Å². The molecule has 0 aliphatic carbocycles. The number of β-lactam (4-membered cyclic amide) rings is 1. The Bertz CT molecular complexity index is 919. The van der Waals surface area contributed by atoms with Gasteiger partial charge in [-0.3, -0.25) is 14.4 Å². The Morgan fingerprint density at radius 3 is 2.23 bits per heavy atom. The van der Waals surface area contributed by atoms with E-state index in [1.54, 1.807) is 0 Å². The van der Waals surface area contributed by atoms with Crippen LogP contribution in [0, 0.1) is 0 Å². The second kappa shape index (κ2) is 8.32. The molecule has 1 N–H and O–H groups in total. The van der Waals surface area contributed by atoms with Crippen molar-refractivity contribution in [2.75, 3.05) is 12.3 Å². The number of alkyl halides is 1. The molecule has 2 fully saturated rings. The minimum absolute atomic E-state index is 0.0519. The number of hydrogen-bond acceptors (Lipinski definition) is 5. The Hall–Kier alpha value is -2.51. The quantitative estimate of drug-likeness (QED) is 0.436. The summed E-state index contributed by atoms with van der Waals surface area (Å²) in [5, 5.41) is 2.44. The summed E-state index contributed by atoms with van der Waals surface area (Å²) in [6.07, 6.45) is -0.600. The molecule has 2 aromatic rings. The van der Waals surface area contributed by atoms with Crippen LogP contribution in [-0.4, -0.2) is 51.3 Å². The molecule has 0 bridgehead atoms. The van der Waals surface area contributed by atoms with E-state index in [9.17, 15) is 14.4 Å². The van der Waals surface area contributed by atoms with Gasteiger partial charge in [-0.1, -0.05) is 60.7 Å². The molecule has 0 aromatic heterocycles. The maximum Gasteiger partial charge on any atom is 0.330 e. The van der Waals surface area contributed by atoms with Crippen LogP contribution in [0.5, 0.6) is 0 Å². The molecule has 2 aliphatic heterocycles. The minimum atomic E-state index is -1.35. The van der Waals surface area contributed by atoms with Crippen molar-refractivity contribution in [3.05, 3.63) is 71.8 Å². The summed E-state index contributed by atoms with van der Waals surface area (Å²) in [5.41, 5.74) is 1.67. The topological polar surface area (TPSA) is 75.7 Å². The predicted molar refractivity (Wildman–Crippen MR) is 115 cm³/mol. The number of benzene rings is 2. The van der Waals surface area contributed by atoms with Gasteiger partial charge in [0.05, 0.1) is 6.54 Å². The number of hydrogen-bond donors (Lipinski definition) is 1. The van der Waals surface area contributed by atoms with Crippen LogP contribution < -0.4 is 5.32 Å². The molecule has 2 aromatic carbocycles. The molecule has 2 amide bonds. The summed E-state index contributed by atoms with van der Waals surface area (Å²) in [6, 6.07) is 18.4. The van der Waals surface area contributed by atoms with Crippen LogP contribution in [-0.2, 0) is 19.1 Å². The zero-order valence-corrected chi connectivity index (χ0v) is 17.9. The van der Waals surface area contributed by atoms with Gasteiger partial charge in [0.2, 0.25) is 11.8 Å². The number of nitrogens with one attached hydrogen (secondary N) is 1. The molecule has 8 heteroatoms. The third-order valence-corrected chi connectivity index (χ3v) is 7.29. The Labute approximate surface area is 183 Å². The Morgan fingerprint density at radius 2 is 1.70 bits per heavy atom. The first kappa shape index (κ1) is 20.8. The van der Waals surface area contributed by atoms with Gasteiger partial charge in [-0.2, -0.15) is 0 Å². The summed E-state index contributed by atoms with van der Waals surface area (Å²) in [5.74, 6) is -0.774. The number of halogens is 1. The highest BCUT2D eigenvalue weighted by Crippen LogP contribution is 2.42. The standard InChI is InChI=1S/C22H21ClN2O4S/c1-14(26)24-17-19(27)25-12-22(23,13-30-20(17)25)21(28)29-18(15-8-4-2-5-9-15)16-10-6-3-7-11-16/h2-11,17-18,20H,12-13H2,1H3,(H,24,26)/t17?,20-,22?/m1/s1. The van der Waals surface area contributed by atoms with E-state index in [0.29, 0.717) is 0 Å². The van der Waals surface area contributed by atoms with Crippen LogP contribution in [0.1, 0.15) is 24.2 Å². The predicted octanol–water partition coefficient (Wildman–Crippen LogP) is 2.72. The first-order chi connectivity index (χ1) is 14.4. The maximum atomic E-state index is 13.1. The minimum Gasteiger partial charge on any atom is -0.451 e. The van der Waals surface area contributed by atoms with Crippen LogP contribution in [0.3, 0.4) is 0 Å². The maximum absolute atomic E-state index is 13.1. The first-order valence-electron chi connectivity index (χ1n) is 9.58. The molecule has 6 nitrogen and oxygen atoms in total. The molecule has 2 heterocycles. The molecular formula is C22H21ClN2O4S. The van der Waals surface area contributed by atoms with Crippen molar-refractivity contribution in [3.8, 4) is 0 Å². The van der Waals surface area contributed by atoms with Gasteiger partial charge < -0.3 is 15.0 Å². The zero-order chi connectivity index (χ0) is 21.3. The van der Waals surface area contributed by atoms with E-state index in [2.05, 4.69) is 5.32 Å². The fourth-order valence-corrected chi connectivity index (χ4v) is 5.43.